The standard InChI is InChI=1S/C20H20ClN3O2S/c1-12(5-7-14-4-3-9-26-14)22-20(25)18-16-11-27-17-8-6-13(21)10-15(17)19(16)24(2)23-18/h3-4,6,8-10,12H,5,7,11H2,1-2H3,(H,22,25)/t12-/m0/s1. The van der Waals surface area contributed by atoms with Crippen LogP contribution in [0, 0.1) is 0 Å². The molecule has 2 aromatic heterocycles. The molecule has 1 atom stereocenters. The summed E-state index contributed by atoms with van der Waals surface area (Å²) in [5.74, 6) is 1.52. The van der Waals surface area contributed by atoms with Crippen molar-refractivity contribution in [3.8, 4) is 11.3 Å². The highest BCUT2D eigenvalue weighted by Gasteiger charge is 2.28. The highest BCUT2D eigenvalue weighted by molar-refractivity contribution is 7.98. The van der Waals surface area contributed by atoms with Crippen molar-refractivity contribution in [1.29, 1.82) is 0 Å². The van der Waals surface area contributed by atoms with Crippen LogP contribution in [0.4, 0.5) is 0 Å². The number of nitrogens with one attached hydrogen (secondary N) is 1. The van der Waals surface area contributed by atoms with Crippen LogP contribution in [0.15, 0.2) is 45.9 Å². The van der Waals surface area contributed by atoms with Gasteiger partial charge in [0, 0.05) is 46.3 Å². The molecule has 1 amide bonds. The molecule has 1 aliphatic heterocycles. The first-order chi connectivity index (χ1) is 13.0. The Morgan fingerprint density at radius 3 is 3.07 bits per heavy atom. The number of furan rings is 1. The minimum atomic E-state index is -0.134. The summed E-state index contributed by atoms with van der Waals surface area (Å²) in [4.78, 5) is 14.0. The van der Waals surface area contributed by atoms with Crippen molar-refractivity contribution in [2.75, 3.05) is 0 Å². The van der Waals surface area contributed by atoms with Crippen LogP contribution in [0.25, 0.3) is 11.3 Å². The first kappa shape index (κ1) is 18.2. The van der Waals surface area contributed by atoms with E-state index in [9.17, 15) is 4.79 Å². The summed E-state index contributed by atoms with van der Waals surface area (Å²) in [6.45, 7) is 2.00. The van der Waals surface area contributed by atoms with Crippen molar-refractivity contribution in [2.24, 2.45) is 7.05 Å². The van der Waals surface area contributed by atoms with Crippen molar-refractivity contribution in [3.05, 3.63) is 58.6 Å². The third-order valence-electron chi connectivity index (χ3n) is 4.71. The number of carbonyl (C=O) groups excluding carboxylic acids is 1. The molecule has 1 N–H and O–H groups in total. The van der Waals surface area contributed by atoms with Crippen molar-refractivity contribution in [1.82, 2.24) is 15.1 Å². The minimum absolute atomic E-state index is 0.0261. The van der Waals surface area contributed by atoms with Crippen LogP contribution in [0.3, 0.4) is 0 Å². The van der Waals surface area contributed by atoms with E-state index in [1.165, 1.54) is 0 Å². The lowest BCUT2D eigenvalue weighted by Crippen LogP contribution is -2.33. The van der Waals surface area contributed by atoms with Gasteiger partial charge in [0.1, 0.15) is 5.76 Å². The lowest BCUT2D eigenvalue weighted by atomic mass is 10.1. The van der Waals surface area contributed by atoms with Gasteiger partial charge in [-0.25, -0.2) is 0 Å². The van der Waals surface area contributed by atoms with E-state index in [1.807, 2.05) is 44.3 Å². The molecule has 0 aliphatic carbocycles. The zero-order valence-corrected chi connectivity index (χ0v) is 16.7. The third kappa shape index (κ3) is 3.64. The minimum Gasteiger partial charge on any atom is -0.469 e. The van der Waals surface area contributed by atoms with Gasteiger partial charge in [-0.05, 0) is 43.7 Å². The summed E-state index contributed by atoms with van der Waals surface area (Å²) in [5, 5.41) is 8.26. The van der Waals surface area contributed by atoms with E-state index in [0.717, 1.165) is 46.1 Å². The molecule has 7 heteroatoms. The average Bonchev–Trinajstić information content (AvgIpc) is 3.28. The second-order valence-corrected chi connectivity index (χ2v) is 8.17. The van der Waals surface area contributed by atoms with Gasteiger partial charge in [-0.15, -0.1) is 11.8 Å². The van der Waals surface area contributed by atoms with Gasteiger partial charge in [0.05, 0.1) is 12.0 Å². The molecule has 1 aromatic carbocycles. The first-order valence-corrected chi connectivity index (χ1v) is 10.2. The lowest BCUT2D eigenvalue weighted by molar-refractivity contribution is 0.0931. The van der Waals surface area contributed by atoms with Gasteiger partial charge in [-0.2, -0.15) is 5.10 Å². The molecule has 4 rings (SSSR count). The molecule has 140 valence electrons. The fourth-order valence-corrected chi connectivity index (χ4v) is 4.59. The number of aromatic nitrogens is 2. The number of benzene rings is 1. The van der Waals surface area contributed by atoms with Crippen molar-refractivity contribution in [2.45, 2.75) is 36.5 Å². The maximum absolute atomic E-state index is 12.8. The molecule has 0 unspecified atom stereocenters. The fourth-order valence-electron chi connectivity index (χ4n) is 3.36. The molecule has 0 radical (unpaired) electrons. The molecule has 0 bridgehead atoms. The molecule has 3 aromatic rings. The number of carbonyl (C=O) groups is 1. The smallest absolute Gasteiger partial charge is 0.272 e. The van der Waals surface area contributed by atoms with E-state index in [4.69, 9.17) is 16.0 Å². The Kier molecular flexibility index (Phi) is 5.02. The van der Waals surface area contributed by atoms with Gasteiger partial charge in [0.25, 0.3) is 5.91 Å². The number of amides is 1. The number of nitrogens with zero attached hydrogens (tertiary/aromatic N) is 2. The Bertz CT molecular complexity index is 982. The molecule has 5 nitrogen and oxygen atoms in total. The van der Waals surface area contributed by atoms with E-state index < -0.39 is 0 Å². The van der Waals surface area contributed by atoms with Crippen LogP contribution in [-0.4, -0.2) is 21.7 Å². The number of rotatable bonds is 5. The molecule has 0 fully saturated rings. The topological polar surface area (TPSA) is 60.1 Å². The Morgan fingerprint density at radius 2 is 2.30 bits per heavy atom. The number of aryl methyl sites for hydroxylation is 2. The highest BCUT2D eigenvalue weighted by Crippen LogP contribution is 2.43. The first-order valence-electron chi connectivity index (χ1n) is 8.84. The van der Waals surface area contributed by atoms with Gasteiger partial charge in [-0.1, -0.05) is 11.6 Å². The Labute approximate surface area is 167 Å². The lowest BCUT2D eigenvalue weighted by Gasteiger charge is -2.18. The second-order valence-electron chi connectivity index (χ2n) is 6.72. The number of hydrogen-bond acceptors (Lipinski definition) is 4. The summed E-state index contributed by atoms with van der Waals surface area (Å²) in [5.41, 5.74) is 3.47. The number of halogens is 1. The molecule has 0 saturated carbocycles. The van der Waals surface area contributed by atoms with E-state index in [0.29, 0.717) is 10.7 Å². The van der Waals surface area contributed by atoms with E-state index in [2.05, 4.69) is 10.4 Å². The molecule has 3 heterocycles. The van der Waals surface area contributed by atoms with Gasteiger partial charge >= 0.3 is 0 Å². The predicted molar refractivity (Wildman–Crippen MR) is 107 cm³/mol. The highest BCUT2D eigenvalue weighted by atomic mass is 35.5. The zero-order valence-electron chi connectivity index (χ0n) is 15.2. The average molecular weight is 402 g/mol. The van der Waals surface area contributed by atoms with Crippen LogP contribution in [-0.2, 0) is 19.2 Å². The normalized spacial score (nSPS) is 13.7. The zero-order chi connectivity index (χ0) is 19.0. The number of hydrogen-bond donors (Lipinski definition) is 1. The Hall–Kier alpha value is -2.18. The molecular formula is C20H20ClN3O2S. The van der Waals surface area contributed by atoms with E-state index in [1.54, 1.807) is 22.7 Å². The Balaban J connectivity index is 1.53. The molecular weight excluding hydrogens is 382 g/mol. The summed E-state index contributed by atoms with van der Waals surface area (Å²) in [6.07, 6.45) is 3.26. The van der Waals surface area contributed by atoms with Crippen LogP contribution in [0.5, 0.6) is 0 Å². The monoisotopic (exact) mass is 401 g/mol. The largest absolute Gasteiger partial charge is 0.469 e. The summed E-state index contributed by atoms with van der Waals surface area (Å²) < 4.78 is 7.14. The maximum atomic E-state index is 12.8. The van der Waals surface area contributed by atoms with Gasteiger partial charge in [-0.3, -0.25) is 9.48 Å². The number of fused-ring (bicyclic) bond motifs is 3. The van der Waals surface area contributed by atoms with Crippen LogP contribution in [0.1, 0.15) is 35.2 Å². The van der Waals surface area contributed by atoms with E-state index in [-0.39, 0.29) is 11.9 Å². The fraction of sp³-hybridized carbons (Fsp3) is 0.300. The van der Waals surface area contributed by atoms with Gasteiger partial charge in [0.15, 0.2) is 5.69 Å². The molecule has 1 aliphatic rings. The van der Waals surface area contributed by atoms with Crippen molar-refractivity contribution >= 4 is 29.3 Å². The van der Waals surface area contributed by atoms with Gasteiger partial charge < -0.3 is 9.73 Å². The van der Waals surface area contributed by atoms with Crippen LogP contribution in [0.2, 0.25) is 5.02 Å². The summed E-state index contributed by atoms with van der Waals surface area (Å²) >= 11 is 7.89. The molecule has 0 saturated heterocycles. The quantitative estimate of drug-likeness (QED) is 0.673. The third-order valence-corrected chi connectivity index (χ3v) is 6.05. The second kappa shape index (κ2) is 7.44. The van der Waals surface area contributed by atoms with Crippen molar-refractivity contribution in [3.63, 3.8) is 0 Å². The van der Waals surface area contributed by atoms with Crippen LogP contribution >= 0.6 is 23.4 Å². The molecule has 0 spiro atoms. The number of thioether (sulfide) groups is 1. The van der Waals surface area contributed by atoms with Crippen molar-refractivity contribution < 1.29 is 9.21 Å². The summed E-state index contributed by atoms with van der Waals surface area (Å²) in [7, 11) is 1.87. The Morgan fingerprint density at radius 1 is 1.44 bits per heavy atom. The maximum Gasteiger partial charge on any atom is 0.272 e. The summed E-state index contributed by atoms with van der Waals surface area (Å²) in [6, 6.07) is 9.71. The van der Waals surface area contributed by atoms with Gasteiger partial charge in [0.2, 0.25) is 0 Å². The van der Waals surface area contributed by atoms with E-state index >= 15 is 0 Å². The predicted octanol–water partition coefficient (Wildman–Crippen LogP) is 4.69. The van der Waals surface area contributed by atoms with Crippen LogP contribution < -0.4 is 5.32 Å². The SMILES string of the molecule is C[C@@H](CCc1ccco1)NC(=O)c1nn(C)c2c1CSc1ccc(Cl)cc1-2. The molecule has 27 heavy (non-hydrogen) atoms.